The fourth-order valence-corrected chi connectivity index (χ4v) is 3.94. The molecule has 3 rings (SSSR count). The Morgan fingerprint density at radius 2 is 1.75 bits per heavy atom. The van der Waals surface area contributed by atoms with Gasteiger partial charge < -0.3 is 0 Å². The molecule has 2 heteroatoms. The number of halogens is 1. The van der Waals surface area contributed by atoms with Crippen LogP contribution in [0.25, 0.3) is 11.1 Å². The maximum atomic E-state index is 14.6. The van der Waals surface area contributed by atoms with Crippen LogP contribution in [-0.4, -0.2) is 0 Å². The second-order valence-electron chi connectivity index (χ2n) is 6.93. The number of hydrogen-bond donors (Lipinski definition) is 0. The molecule has 1 saturated carbocycles. The van der Waals surface area contributed by atoms with E-state index in [0.29, 0.717) is 17.0 Å². The van der Waals surface area contributed by atoms with Crippen LogP contribution in [0.3, 0.4) is 0 Å². The normalized spacial score (nSPS) is 20.5. The van der Waals surface area contributed by atoms with Gasteiger partial charge in [0, 0.05) is 5.56 Å². The molecule has 0 unspecified atom stereocenters. The monoisotopic (exact) mass is 321 g/mol. The van der Waals surface area contributed by atoms with E-state index in [2.05, 4.69) is 19.1 Å². The van der Waals surface area contributed by atoms with Gasteiger partial charge in [0.15, 0.2) is 0 Å². The van der Waals surface area contributed by atoms with Crippen molar-refractivity contribution in [1.29, 1.82) is 5.26 Å². The highest BCUT2D eigenvalue weighted by molar-refractivity contribution is 5.65. The minimum atomic E-state index is -0.159. The van der Waals surface area contributed by atoms with Crippen molar-refractivity contribution in [1.82, 2.24) is 0 Å². The summed E-state index contributed by atoms with van der Waals surface area (Å²) >= 11 is 0. The van der Waals surface area contributed by atoms with Crippen molar-refractivity contribution in [2.75, 3.05) is 0 Å². The molecule has 0 N–H and O–H groups in total. The number of hydrogen-bond acceptors (Lipinski definition) is 1. The van der Waals surface area contributed by atoms with E-state index >= 15 is 0 Å². The van der Waals surface area contributed by atoms with E-state index in [1.807, 2.05) is 18.2 Å². The second-order valence-corrected chi connectivity index (χ2v) is 6.93. The Labute approximate surface area is 144 Å². The van der Waals surface area contributed by atoms with Gasteiger partial charge in [0.05, 0.1) is 11.6 Å². The molecule has 0 saturated heterocycles. The highest BCUT2D eigenvalue weighted by atomic mass is 19.1. The molecule has 24 heavy (non-hydrogen) atoms. The summed E-state index contributed by atoms with van der Waals surface area (Å²) in [5.41, 5.74) is 3.17. The summed E-state index contributed by atoms with van der Waals surface area (Å²) in [4.78, 5) is 0. The number of rotatable bonds is 4. The lowest BCUT2D eigenvalue weighted by atomic mass is 9.77. The first kappa shape index (κ1) is 16.7. The van der Waals surface area contributed by atoms with E-state index in [1.54, 1.807) is 18.2 Å². The van der Waals surface area contributed by atoms with Crippen LogP contribution in [0.15, 0.2) is 42.5 Å². The molecule has 1 aliphatic carbocycles. The van der Waals surface area contributed by atoms with Crippen LogP contribution in [0.5, 0.6) is 0 Å². The SMILES string of the molecule is CCC[C@H]1CC[C@H](c2ccc(-c3ccc(C#N)cc3)c(F)c2)CC1. The van der Waals surface area contributed by atoms with E-state index in [-0.39, 0.29) is 5.82 Å². The summed E-state index contributed by atoms with van der Waals surface area (Å²) in [6.45, 7) is 2.25. The molecule has 2 aromatic rings. The van der Waals surface area contributed by atoms with Crippen molar-refractivity contribution in [3.63, 3.8) is 0 Å². The van der Waals surface area contributed by atoms with Gasteiger partial charge in [-0.05, 0) is 66.8 Å². The van der Waals surface area contributed by atoms with Crippen LogP contribution in [0, 0.1) is 23.1 Å². The molecule has 0 aliphatic heterocycles. The molecule has 1 aliphatic rings. The summed E-state index contributed by atoms with van der Waals surface area (Å²) in [7, 11) is 0. The van der Waals surface area contributed by atoms with Crippen LogP contribution >= 0.6 is 0 Å². The van der Waals surface area contributed by atoms with Gasteiger partial charge in [-0.2, -0.15) is 5.26 Å². The molecule has 1 nitrogen and oxygen atoms in total. The molecule has 0 spiro atoms. The number of nitrogens with zero attached hydrogens (tertiary/aromatic N) is 1. The Balaban J connectivity index is 1.74. The van der Waals surface area contributed by atoms with Crippen LogP contribution in [-0.2, 0) is 0 Å². The minimum absolute atomic E-state index is 0.159. The summed E-state index contributed by atoms with van der Waals surface area (Å²) in [6.07, 6.45) is 7.51. The Morgan fingerprint density at radius 3 is 2.33 bits per heavy atom. The number of nitriles is 1. The van der Waals surface area contributed by atoms with Gasteiger partial charge in [0.1, 0.15) is 5.82 Å². The third kappa shape index (κ3) is 3.67. The van der Waals surface area contributed by atoms with Crippen molar-refractivity contribution in [2.45, 2.75) is 51.4 Å². The highest BCUT2D eigenvalue weighted by Gasteiger charge is 2.22. The average molecular weight is 321 g/mol. The zero-order chi connectivity index (χ0) is 16.9. The average Bonchev–Trinajstić information content (AvgIpc) is 2.63. The molecular formula is C22H24FN. The third-order valence-corrected chi connectivity index (χ3v) is 5.33. The summed E-state index contributed by atoms with van der Waals surface area (Å²) < 4.78 is 14.6. The fourth-order valence-electron chi connectivity index (χ4n) is 3.94. The predicted octanol–water partition coefficient (Wildman–Crippen LogP) is 6.44. The molecule has 0 radical (unpaired) electrons. The van der Waals surface area contributed by atoms with Gasteiger partial charge in [0.25, 0.3) is 0 Å². The lowest BCUT2D eigenvalue weighted by molar-refractivity contribution is 0.308. The zero-order valence-electron chi connectivity index (χ0n) is 14.3. The first-order valence-corrected chi connectivity index (χ1v) is 9.01. The fraction of sp³-hybridized carbons (Fsp3) is 0.409. The molecule has 0 atom stereocenters. The Morgan fingerprint density at radius 1 is 1.04 bits per heavy atom. The van der Waals surface area contributed by atoms with Crippen molar-refractivity contribution in [3.8, 4) is 17.2 Å². The Kier molecular flexibility index (Phi) is 5.30. The van der Waals surface area contributed by atoms with Gasteiger partial charge >= 0.3 is 0 Å². The van der Waals surface area contributed by atoms with Gasteiger partial charge in [-0.3, -0.25) is 0 Å². The van der Waals surface area contributed by atoms with Crippen LogP contribution in [0.1, 0.15) is 62.5 Å². The number of benzene rings is 2. The standard InChI is InChI=1S/C22H24FN/c1-2-3-16-4-8-18(9-5-16)20-12-13-21(22(23)14-20)19-10-6-17(15-24)7-11-19/h6-7,10-14,16,18H,2-5,8-9H2,1H3/t16-,18-. The van der Waals surface area contributed by atoms with Gasteiger partial charge in [-0.25, -0.2) is 4.39 Å². The Bertz CT molecular complexity index is 719. The van der Waals surface area contributed by atoms with Crippen LogP contribution in [0.2, 0.25) is 0 Å². The first-order valence-electron chi connectivity index (χ1n) is 9.01. The van der Waals surface area contributed by atoms with Crippen molar-refractivity contribution >= 4 is 0 Å². The van der Waals surface area contributed by atoms with Gasteiger partial charge in [0.2, 0.25) is 0 Å². The van der Waals surface area contributed by atoms with Crippen molar-refractivity contribution in [2.24, 2.45) is 5.92 Å². The zero-order valence-corrected chi connectivity index (χ0v) is 14.3. The van der Waals surface area contributed by atoms with E-state index in [4.69, 9.17) is 5.26 Å². The lowest BCUT2D eigenvalue weighted by Crippen LogP contribution is -2.13. The van der Waals surface area contributed by atoms with Crippen LogP contribution in [0.4, 0.5) is 4.39 Å². The Hall–Kier alpha value is -2.14. The summed E-state index contributed by atoms with van der Waals surface area (Å²) in [5, 5.41) is 8.86. The predicted molar refractivity (Wildman–Crippen MR) is 96.2 cm³/mol. The molecule has 2 aromatic carbocycles. The molecule has 1 fully saturated rings. The smallest absolute Gasteiger partial charge is 0.131 e. The summed E-state index contributed by atoms with van der Waals surface area (Å²) in [6, 6.07) is 14.9. The third-order valence-electron chi connectivity index (χ3n) is 5.33. The van der Waals surface area contributed by atoms with Crippen molar-refractivity contribution in [3.05, 3.63) is 59.4 Å². The van der Waals surface area contributed by atoms with Gasteiger partial charge in [-0.1, -0.05) is 44.0 Å². The topological polar surface area (TPSA) is 23.8 Å². The highest BCUT2D eigenvalue weighted by Crippen LogP contribution is 2.38. The van der Waals surface area contributed by atoms with Crippen LogP contribution < -0.4 is 0 Å². The molecule has 0 bridgehead atoms. The van der Waals surface area contributed by atoms with Gasteiger partial charge in [-0.15, -0.1) is 0 Å². The molecular weight excluding hydrogens is 297 g/mol. The summed E-state index contributed by atoms with van der Waals surface area (Å²) in [5.74, 6) is 1.21. The van der Waals surface area contributed by atoms with E-state index in [0.717, 1.165) is 17.0 Å². The molecule has 0 heterocycles. The maximum Gasteiger partial charge on any atom is 0.131 e. The van der Waals surface area contributed by atoms with E-state index < -0.39 is 0 Å². The molecule has 0 aromatic heterocycles. The first-order chi connectivity index (χ1) is 11.7. The second kappa shape index (κ2) is 7.62. The lowest BCUT2D eigenvalue weighted by Gasteiger charge is -2.28. The van der Waals surface area contributed by atoms with E-state index in [9.17, 15) is 4.39 Å². The molecule has 124 valence electrons. The quantitative estimate of drug-likeness (QED) is 0.636. The van der Waals surface area contributed by atoms with E-state index in [1.165, 1.54) is 38.5 Å². The largest absolute Gasteiger partial charge is 0.206 e. The molecule has 0 amide bonds. The maximum absolute atomic E-state index is 14.6. The van der Waals surface area contributed by atoms with Crippen molar-refractivity contribution < 1.29 is 4.39 Å². The minimum Gasteiger partial charge on any atom is -0.206 e.